The van der Waals surface area contributed by atoms with E-state index in [0.717, 1.165) is 18.4 Å². The number of ether oxygens (including phenoxy) is 1. The van der Waals surface area contributed by atoms with Gasteiger partial charge in [0.2, 0.25) is 0 Å². The highest BCUT2D eigenvalue weighted by Crippen LogP contribution is 2.46. The number of hydrogen-bond acceptors (Lipinski definition) is 5. The fourth-order valence-corrected chi connectivity index (χ4v) is 4.55. The summed E-state index contributed by atoms with van der Waals surface area (Å²) in [7, 11) is 1.44. The van der Waals surface area contributed by atoms with E-state index < -0.39 is 17.4 Å². The van der Waals surface area contributed by atoms with Gasteiger partial charge in [-0.3, -0.25) is 14.2 Å². The summed E-state index contributed by atoms with van der Waals surface area (Å²) in [4.78, 5) is 28.2. The van der Waals surface area contributed by atoms with E-state index in [4.69, 9.17) is 9.84 Å². The van der Waals surface area contributed by atoms with E-state index in [9.17, 15) is 14.7 Å². The molecule has 2 aromatic rings. The molecule has 0 unspecified atom stereocenters. The lowest BCUT2D eigenvalue weighted by Crippen LogP contribution is -2.44. The second-order valence-electron chi connectivity index (χ2n) is 9.74. The van der Waals surface area contributed by atoms with Gasteiger partial charge < -0.3 is 19.8 Å². The Labute approximate surface area is 219 Å². The number of allylic oxidation sites excluding steroid dienone is 3. The van der Waals surface area contributed by atoms with Gasteiger partial charge in [0.1, 0.15) is 0 Å². The van der Waals surface area contributed by atoms with Gasteiger partial charge in [-0.25, -0.2) is 0 Å². The molecule has 2 atom stereocenters. The molecule has 7 heteroatoms. The minimum Gasteiger partial charge on any atom is -0.491 e. The van der Waals surface area contributed by atoms with E-state index in [1.54, 1.807) is 60.5 Å². The van der Waals surface area contributed by atoms with Gasteiger partial charge >= 0.3 is 0 Å². The molecule has 0 saturated heterocycles. The molecule has 2 N–H and O–H groups in total. The second-order valence-corrected chi connectivity index (χ2v) is 9.74. The highest BCUT2D eigenvalue weighted by molar-refractivity contribution is 6.07. The van der Waals surface area contributed by atoms with E-state index in [-0.39, 0.29) is 17.9 Å². The Morgan fingerprint density at radius 1 is 1.14 bits per heavy atom. The van der Waals surface area contributed by atoms with Crippen molar-refractivity contribution in [3.05, 3.63) is 87.9 Å². The van der Waals surface area contributed by atoms with Crippen LogP contribution in [0.2, 0.25) is 0 Å². The van der Waals surface area contributed by atoms with Crippen LogP contribution >= 0.6 is 0 Å². The van der Waals surface area contributed by atoms with Crippen LogP contribution in [0.4, 0.5) is 5.69 Å². The van der Waals surface area contributed by atoms with Gasteiger partial charge in [-0.1, -0.05) is 42.4 Å². The standard InChI is InChI=1S/C30H38N2O5/c1-21(2)10-8-11-22(3)16-18-32-26-15-14-24(31-17-9-13-27(37-5)28(31)34)20-25(26)30(36,29(32)35)23(4)12-6-7-19-33/h6,9-10,12-17,20,23,33,36H,7-8,11,18-19H2,1-5H3/b12-6+,22-16+/t23-,30+/m0/s1. The third-order valence-electron chi connectivity index (χ3n) is 6.76. The van der Waals surface area contributed by atoms with E-state index >= 15 is 0 Å². The number of carbonyl (C=O) groups is 1. The molecule has 0 saturated carbocycles. The first-order valence-corrected chi connectivity index (χ1v) is 12.7. The molecule has 198 valence electrons. The number of amides is 1. The number of aliphatic hydroxyl groups excluding tert-OH is 1. The molecular weight excluding hydrogens is 468 g/mol. The Morgan fingerprint density at radius 3 is 2.57 bits per heavy atom. The Balaban J connectivity index is 2.05. The smallest absolute Gasteiger partial charge is 0.297 e. The molecule has 1 aromatic carbocycles. The van der Waals surface area contributed by atoms with Crippen LogP contribution in [0, 0.1) is 5.92 Å². The van der Waals surface area contributed by atoms with Crippen LogP contribution in [-0.4, -0.2) is 40.9 Å². The van der Waals surface area contributed by atoms with Crippen molar-refractivity contribution in [1.82, 2.24) is 4.57 Å². The Kier molecular flexibility index (Phi) is 9.29. The third kappa shape index (κ3) is 5.95. The van der Waals surface area contributed by atoms with Crippen molar-refractivity contribution >= 4 is 11.6 Å². The zero-order chi connectivity index (χ0) is 27.2. The maximum absolute atomic E-state index is 13.8. The molecule has 0 radical (unpaired) electrons. The van der Waals surface area contributed by atoms with Gasteiger partial charge in [-0.15, -0.1) is 0 Å². The first-order valence-electron chi connectivity index (χ1n) is 12.7. The Morgan fingerprint density at radius 2 is 1.89 bits per heavy atom. The molecule has 0 fully saturated rings. The maximum Gasteiger partial charge on any atom is 0.297 e. The number of rotatable bonds is 11. The summed E-state index contributed by atoms with van der Waals surface area (Å²) >= 11 is 0. The van der Waals surface area contributed by atoms with E-state index in [1.165, 1.54) is 17.3 Å². The number of pyridine rings is 1. The maximum atomic E-state index is 13.8. The average molecular weight is 507 g/mol. The van der Waals surface area contributed by atoms with Crippen LogP contribution in [0.25, 0.3) is 5.69 Å². The molecule has 3 rings (SSSR count). The van der Waals surface area contributed by atoms with Gasteiger partial charge in [0, 0.05) is 36.5 Å². The molecule has 1 aromatic heterocycles. The van der Waals surface area contributed by atoms with Gasteiger partial charge in [-0.2, -0.15) is 0 Å². The molecular formula is C30H38N2O5. The van der Waals surface area contributed by atoms with Crippen LogP contribution < -0.4 is 15.2 Å². The molecule has 0 bridgehead atoms. The monoisotopic (exact) mass is 506 g/mol. The van der Waals surface area contributed by atoms with E-state index in [0.29, 0.717) is 29.9 Å². The van der Waals surface area contributed by atoms with Gasteiger partial charge in [0.15, 0.2) is 11.4 Å². The fourth-order valence-electron chi connectivity index (χ4n) is 4.55. The van der Waals surface area contributed by atoms with Crippen molar-refractivity contribution in [3.8, 4) is 11.4 Å². The Bertz CT molecular complexity index is 1270. The van der Waals surface area contributed by atoms with Crippen molar-refractivity contribution in [1.29, 1.82) is 0 Å². The fraction of sp³-hybridized carbons (Fsp3) is 0.400. The molecule has 0 spiro atoms. The van der Waals surface area contributed by atoms with Crippen LogP contribution in [0.1, 0.15) is 52.5 Å². The lowest BCUT2D eigenvalue weighted by atomic mass is 9.82. The second kappa shape index (κ2) is 12.2. The zero-order valence-corrected chi connectivity index (χ0v) is 22.4. The summed E-state index contributed by atoms with van der Waals surface area (Å²) in [6.07, 6.45) is 11.6. The minimum atomic E-state index is -1.82. The molecule has 1 amide bonds. The van der Waals surface area contributed by atoms with Crippen molar-refractivity contribution in [2.24, 2.45) is 5.92 Å². The molecule has 2 heterocycles. The van der Waals surface area contributed by atoms with Crippen LogP contribution in [-0.2, 0) is 10.4 Å². The number of fused-ring (bicyclic) bond motifs is 1. The normalized spacial score (nSPS) is 18.3. The predicted octanol–water partition coefficient (Wildman–Crippen LogP) is 4.65. The van der Waals surface area contributed by atoms with Gasteiger partial charge in [0.05, 0.1) is 12.8 Å². The Hall–Kier alpha value is -3.42. The molecule has 1 aliphatic rings. The average Bonchev–Trinajstić information content (AvgIpc) is 3.09. The highest BCUT2D eigenvalue weighted by atomic mass is 16.5. The van der Waals surface area contributed by atoms with Gasteiger partial charge in [-0.05, 0) is 70.4 Å². The van der Waals surface area contributed by atoms with Crippen molar-refractivity contribution in [3.63, 3.8) is 0 Å². The van der Waals surface area contributed by atoms with Crippen LogP contribution in [0.15, 0.2) is 76.8 Å². The molecule has 37 heavy (non-hydrogen) atoms. The van der Waals surface area contributed by atoms with Crippen LogP contribution in [0.5, 0.6) is 5.75 Å². The van der Waals surface area contributed by atoms with E-state index in [1.807, 2.05) is 13.0 Å². The summed E-state index contributed by atoms with van der Waals surface area (Å²) in [5.74, 6) is -0.771. The number of benzene rings is 1. The lowest BCUT2D eigenvalue weighted by molar-refractivity contribution is -0.139. The number of anilines is 1. The summed E-state index contributed by atoms with van der Waals surface area (Å²) in [5.41, 5.74) is 1.87. The molecule has 7 nitrogen and oxygen atoms in total. The number of methoxy groups -OCH3 is 1. The predicted molar refractivity (Wildman–Crippen MR) is 147 cm³/mol. The van der Waals surface area contributed by atoms with E-state index in [2.05, 4.69) is 19.9 Å². The minimum absolute atomic E-state index is 0.0158. The third-order valence-corrected chi connectivity index (χ3v) is 6.76. The van der Waals surface area contributed by atoms with Crippen molar-refractivity contribution in [2.45, 2.75) is 52.6 Å². The van der Waals surface area contributed by atoms with Crippen molar-refractivity contribution in [2.75, 3.05) is 25.2 Å². The number of hydrogen-bond donors (Lipinski definition) is 2. The zero-order valence-electron chi connectivity index (χ0n) is 22.4. The molecule has 0 aliphatic carbocycles. The van der Waals surface area contributed by atoms with Crippen molar-refractivity contribution < 1.29 is 19.7 Å². The summed E-state index contributed by atoms with van der Waals surface area (Å²) < 4.78 is 6.62. The SMILES string of the molecule is COc1cccn(-c2ccc3c(c2)[C@](O)([C@@H](C)/C=C/CCO)C(=O)N3C/C=C(\C)CCC=C(C)C)c1=O. The number of nitrogens with zero attached hydrogens (tertiary/aromatic N) is 2. The number of aromatic nitrogens is 1. The summed E-state index contributed by atoms with van der Waals surface area (Å²) in [6, 6.07) is 8.55. The topological polar surface area (TPSA) is 92.0 Å². The number of carbonyl (C=O) groups excluding carboxylic acids is 1. The number of aliphatic hydroxyl groups is 2. The lowest BCUT2D eigenvalue weighted by Gasteiger charge is -2.27. The quantitative estimate of drug-likeness (QED) is 0.433. The summed E-state index contributed by atoms with van der Waals surface area (Å²) in [5, 5.41) is 21.1. The van der Waals surface area contributed by atoms with Gasteiger partial charge in [0.25, 0.3) is 11.5 Å². The summed E-state index contributed by atoms with van der Waals surface area (Å²) in [6.45, 7) is 8.29. The molecule has 1 aliphatic heterocycles. The van der Waals surface area contributed by atoms with Crippen LogP contribution in [0.3, 0.4) is 0 Å². The largest absolute Gasteiger partial charge is 0.491 e. The first-order chi connectivity index (χ1) is 17.6. The highest BCUT2D eigenvalue weighted by Gasteiger charge is 2.52. The first kappa shape index (κ1) is 28.2.